The highest BCUT2D eigenvalue weighted by Crippen LogP contribution is 2.29. The van der Waals surface area contributed by atoms with Crippen LogP contribution in [0, 0.1) is 0 Å². The van der Waals surface area contributed by atoms with Crippen LogP contribution in [0.4, 0.5) is 18.0 Å². The highest BCUT2D eigenvalue weighted by molar-refractivity contribution is 5.85. The van der Waals surface area contributed by atoms with Crippen molar-refractivity contribution in [3.8, 4) is 0 Å². The Hall–Kier alpha value is -2.25. The molecule has 1 heterocycles. The zero-order chi connectivity index (χ0) is 15.5. The Balaban J connectivity index is 1.93. The first kappa shape index (κ1) is 15.1. The molecule has 2 rings (SSSR count). The maximum Gasteiger partial charge on any atom is 0.416 e. The number of hydrogen-bond acceptors (Lipinski definition) is 2. The van der Waals surface area contributed by atoms with E-state index in [2.05, 4.69) is 10.6 Å². The molecule has 0 atom stereocenters. The molecular formula is C13H14F3N3O2. The van der Waals surface area contributed by atoms with Crippen LogP contribution in [0.2, 0.25) is 0 Å². The lowest BCUT2D eigenvalue weighted by Crippen LogP contribution is -2.52. The van der Waals surface area contributed by atoms with Gasteiger partial charge in [-0.1, -0.05) is 12.1 Å². The van der Waals surface area contributed by atoms with Gasteiger partial charge in [0, 0.05) is 19.6 Å². The van der Waals surface area contributed by atoms with Gasteiger partial charge in [0.05, 0.1) is 5.56 Å². The number of carbonyl (C=O) groups is 2. The second-order valence-electron chi connectivity index (χ2n) is 4.63. The molecule has 21 heavy (non-hydrogen) atoms. The topological polar surface area (TPSA) is 61.4 Å². The van der Waals surface area contributed by atoms with Gasteiger partial charge in [-0.15, -0.1) is 0 Å². The lowest BCUT2D eigenvalue weighted by atomic mass is 10.1. The van der Waals surface area contributed by atoms with Crippen LogP contribution >= 0.6 is 0 Å². The molecule has 0 unspecified atom stereocenters. The number of nitrogens with zero attached hydrogens (tertiary/aromatic N) is 1. The van der Waals surface area contributed by atoms with Crippen LogP contribution in [0.25, 0.3) is 0 Å². The number of rotatable bonds is 2. The Bertz CT molecular complexity index is 546. The van der Waals surface area contributed by atoms with E-state index in [4.69, 9.17) is 0 Å². The normalized spacial score (nSPS) is 15.6. The average Bonchev–Trinajstić information content (AvgIpc) is 2.44. The van der Waals surface area contributed by atoms with Crippen LogP contribution in [-0.2, 0) is 17.5 Å². The molecule has 1 aromatic carbocycles. The lowest BCUT2D eigenvalue weighted by molar-refractivity contribution is -0.137. The van der Waals surface area contributed by atoms with Crippen LogP contribution in [0.15, 0.2) is 24.3 Å². The van der Waals surface area contributed by atoms with Crippen molar-refractivity contribution in [1.82, 2.24) is 15.5 Å². The van der Waals surface area contributed by atoms with Gasteiger partial charge in [-0.2, -0.15) is 13.2 Å². The molecule has 8 heteroatoms. The Morgan fingerprint density at radius 3 is 2.81 bits per heavy atom. The van der Waals surface area contributed by atoms with E-state index in [1.807, 2.05) is 0 Å². The predicted octanol–water partition coefficient (Wildman–Crippen LogP) is 1.35. The van der Waals surface area contributed by atoms with Crippen LogP contribution < -0.4 is 10.6 Å². The molecule has 1 aliphatic rings. The van der Waals surface area contributed by atoms with Gasteiger partial charge in [0.15, 0.2) is 0 Å². The number of nitrogens with one attached hydrogen (secondary N) is 2. The molecule has 0 radical (unpaired) electrons. The molecule has 1 aliphatic heterocycles. The minimum atomic E-state index is -4.41. The van der Waals surface area contributed by atoms with Crippen molar-refractivity contribution in [2.24, 2.45) is 0 Å². The van der Waals surface area contributed by atoms with E-state index in [-0.39, 0.29) is 19.0 Å². The number of piperazine rings is 1. The number of halogens is 3. The Kier molecular flexibility index (Phi) is 4.35. The standard InChI is InChI=1S/C13H14F3N3O2/c14-13(15,16)10-3-1-2-9(6-10)7-18-12(21)19-5-4-17-11(20)8-19/h1-3,6H,4-5,7-8H2,(H,17,20)(H,18,21). The summed E-state index contributed by atoms with van der Waals surface area (Å²) in [6.07, 6.45) is -4.41. The van der Waals surface area contributed by atoms with Crippen molar-refractivity contribution in [2.45, 2.75) is 12.7 Å². The van der Waals surface area contributed by atoms with Gasteiger partial charge in [-0.25, -0.2) is 4.79 Å². The maximum atomic E-state index is 12.6. The van der Waals surface area contributed by atoms with Gasteiger partial charge in [0.1, 0.15) is 6.54 Å². The molecule has 0 spiro atoms. The SMILES string of the molecule is O=C1CN(C(=O)NCc2cccc(C(F)(F)F)c2)CCN1. The smallest absolute Gasteiger partial charge is 0.353 e. The minimum absolute atomic E-state index is 0.0269. The summed E-state index contributed by atoms with van der Waals surface area (Å²) in [5.74, 6) is -0.254. The minimum Gasteiger partial charge on any atom is -0.353 e. The van der Waals surface area contributed by atoms with Crippen LogP contribution in [-0.4, -0.2) is 36.5 Å². The predicted molar refractivity (Wildman–Crippen MR) is 68.3 cm³/mol. The fourth-order valence-corrected chi connectivity index (χ4v) is 1.96. The first-order valence-corrected chi connectivity index (χ1v) is 6.32. The molecule has 1 fully saturated rings. The third-order valence-electron chi connectivity index (χ3n) is 3.02. The first-order chi connectivity index (χ1) is 9.86. The summed E-state index contributed by atoms with van der Waals surface area (Å²) >= 11 is 0. The highest BCUT2D eigenvalue weighted by atomic mass is 19.4. The molecule has 0 aromatic heterocycles. The van der Waals surface area contributed by atoms with Gasteiger partial charge < -0.3 is 15.5 Å². The van der Waals surface area contributed by atoms with Crippen molar-refractivity contribution in [3.05, 3.63) is 35.4 Å². The van der Waals surface area contributed by atoms with Crippen LogP contribution in [0.5, 0.6) is 0 Å². The zero-order valence-electron chi connectivity index (χ0n) is 11.0. The average molecular weight is 301 g/mol. The third-order valence-corrected chi connectivity index (χ3v) is 3.02. The quantitative estimate of drug-likeness (QED) is 0.866. The van der Waals surface area contributed by atoms with Crippen molar-refractivity contribution >= 4 is 11.9 Å². The lowest BCUT2D eigenvalue weighted by Gasteiger charge is -2.26. The zero-order valence-corrected chi connectivity index (χ0v) is 11.0. The summed E-state index contributed by atoms with van der Waals surface area (Å²) < 4.78 is 37.7. The number of hydrogen-bond donors (Lipinski definition) is 2. The van der Waals surface area contributed by atoms with E-state index in [1.54, 1.807) is 0 Å². The molecule has 114 valence electrons. The van der Waals surface area contributed by atoms with E-state index < -0.39 is 17.8 Å². The fraction of sp³-hybridized carbons (Fsp3) is 0.385. The Morgan fingerprint density at radius 1 is 1.38 bits per heavy atom. The molecule has 3 amide bonds. The van der Waals surface area contributed by atoms with Gasteiger partial charge in [0.25, 0.3) is 0 Å². The summed E-state index contributed by atoms with van der Waals surface area (Å²) in [7, 11) is 0. The summed E-state index contributed by atoms with van der Waals surface area (Å²) in [4.78, 5) is 24.3. The molecule has 5 nitrogen and oxygen atoms in total. The second kappa shape index (κ2) is 6.02. The van der Waals surface area contributed by atoms with Crippen molar-refractivity contribution in [3.63, 3.8) is 0 Å². The van der Waals surface area contributed by atoms with Crippen molar-refractivity contribution < 1.29 is 22.8 Å². The van der Waals surface area contributed by atoms with E-state index in [0.29, 0.717) is 18.7 Å². The van der Waals surface area contributed by atoms with E-state index >= 15 is 0 Å². The number of benzene rings is 1. The van der Waals surface area contributed by atoms with E-state index in [9.17, 15) is 22.8 Å². The Labute approximate surface area is 119 Å². The molecular weight excluding hydrogens is 287 g/mol. The summed E-state index contributed by atoms with van der Waals surface area (Å²) in [5, 5.41) is 5.09. The van der Waals surface area contributed by atoms with Crippen LogP contribution in [0.1, 0.15) is 11.1 Å². The van der Waals surface area contributed by atoms with Gasteiger partial charge >= 0.3 is 12.2 Å². The molecule has 1 aromatic rings. The largest absolute Gasteiger partial charge is 0.416 e. The van der Waals surface area contributed by atoms with E-state index in [1.165, 1.54) is 17.0 Å². The number of carbonyl (C=O) groups excluding carboxylic acids is 2. The summed E-state index contributed by atoms with van der Waals surface area (Å²) in [6.45, 7) is 0.672. The maximum absolute atomic E-state index is 12.6. The van der Waals surface area contributed by atoms with Gasteiger partial charge in [0.2, 0.25) is 5.91 Å². The second-order valence-corrected chi connectivity index (χ2v) is 4.63. The molecule has 1 saturated heterocycles. The molecule has 0 aliphatic carbocycles. The highest BCUT2D eigenvalue weighted by Gasteiger charge is 2.30. The van der Waals surface area contributed by atoms with Gasteiger partial charge in [-0.05, 0) is 17.7 Å². The van der Waals surface area contributed by atoms with Gasteiger partial charge in [-0.3, -0.25) is 4.79 Å². The number of alkyl halides is 3. The number of amides is 3. The number of urea groups is 1. The summed E-state index contributed by atoms with van der Waals surface area (Å²) in [6, 6.07) is 4.28. The third kappa shape index (κ3) is 4.11. The van der Waals surface area contributed by atoms with Crippen molar-refractivity contribution in [2.75, 3.05) is 19.6 Å². The van der Waals surface area contributed by atoms with Crippen molar-refractivity contribution in [1.29, 1.82) is 0 Å². The first-order valence-electron chi connectivity index (χ1n) is 6.32. The van der Waals surface area contributed by atoms with Crippen LogP contribution in [0.3, 0.4) is 0 Å². The molecule has 2 N–H and O–H groups in total. The molecule has 0 bridgehead atoms. The Morgan fingerprint density at radius 2 is 2.14 bits per heavy atom. The molecule has 0 saturated carbocycles. The van der Waals surface area contributed by atoms with E-state index in [0.717, 1.165) is 12.1 Å². The fourth-order valence-electron chi connectivity index (χ4n) is 1.96. The monoisotopic (exact) mass is 301 g/mol. The summed E-state index contributed by atoms with van der Waals surface area (Å²) in [5.41, 5.74) is -0.411.